The molecule has 0 saturated carbocycles. The lowest BCUT2D eigenvalue weighted by Gasteiger charge is -2.10. The average molecular weight is 299 g/mol. The molecule has 1 N–H and O–H groups in total. The van der Waals surface area contributed by atoms with Crippen molar-refractivity contribution in [1.82, 2.24) is 5.32 Å². The number of alkyl halides is 3. The molecule has 0 aliphatic rings. The Kier molecular flexibility index (Phi) is 4.80. The smallest absolute Gasteiger partial charge is 0.406 e. The average Bonchev–Trinajstić information content (AvgIpc) is 2.39. The normalized spacial score (nSPS) is 11.4. The van der Waals surface area contributed by atoms with Crippen LogP contribution in [0.3, 0.4) is 0 Å². The van der Waals surface area contributed by atoms with Crippen LogP contribution in [0, 0.1) is 5.82 Å². The van der Waals surface area contributed by atoms with Crippen LogP contribution in [0.4, 0.5) is 17.6 Å². The lowest BCUT2D eigenvalue weighted by molar-refractivity contribution is -0.274. The molecule has 0 atom stereocenters. The second kappa shape index (κ2) is 6.58. The molecular weight excluding hydrogens is 286 g/mol. The summed E-state index contributed by atoms with van der Waals surface area (Å²) in [5.41, 5.74) is 1.60. The lowest BCUT2D eigenvalue weighted by Crippen LogP contribution is -2.17. The molecule has 0 spiro atoms. The van der Waals surface area contributed by atoms with Crippen LogP contribution < -0.4 is 10.1 Å². The quantitative estimate of drug-likeness (QED) is 0.842. The van der Waals surface area contributed by atoms with Crippen LogP contribution in [-0.4, -0.2) is 6.36 Å². The fraction of sp³-hybridized carbons (Fsp3) is 0.200. The van der Waals surface area contributed by atoms with Gasteiger partial charge in [0, 0.05) is 13.1 Å². The molecule has 0 bridgehead atoms. The van der Waals surface area contributed by atoms with E-state index in [4.69, 9.17) is 0 Å². The third-order valence-electron chi connectivity index (χ3n) is 2.70. The number of benzene rings is 2. The first kappa shape index (κ1) is 15.3. The van der Waals surface area contributed by atoms with Gasteiger partial charge in [-0.05, 0) is 35.4 Å². The molecule has 2 rings (SSSR count). The van der Waals surface area contributed by atoms with E-state index in [1.54, 1.807) is 24.3 Å². The van der Waals surface area contributed by atoms with Gasteiger partial charge in [-0.15, -0.1) is 13.2 Å². The summed E-state index contributed by atoms with van der Waals surface area (Å²) in [6, 6.07) is 11.8. The molecule has 21 heavy (non-hydrogen) atoms. The maximum atomic E-state index is 13.0. The predicted molar refractivity (Wildman–Crippen MR) is 70.1 cm³/mol. The maximum Gasteiger partial charge on any atom is 0.573 e. The SMILES string of the molecule is Fc1cccc(CNCc2ccc(OC(F)(F)F)cc2)c1. The first-order valence-electron chi connectivity index (χ1n) is 6.22. The first-order valence-corrected chi connectivity index (χ1v) is 6.22. The van der Waals surface area contributed by atoms with Crippen molar-refractivity contribution in [2.75, 3.05) is 0 Å². The number of halogens is 4. The Balaban J connectivity index is 1.84. The van der Waals surface area contributed by atoms with E-state index in [-0.39, 0.29) is 11.6 Å². The van der Waals surface area contributed by atoms with Gasteiger partial charge in [0.15, 0.2) is 0 Å². The second-order valence-corrected chi connectivity index (χ2v) is 4.43. The summed E-state index contributed by atoms with van der Waals surface area (Å²) in [7, 11) is 0. The van der Waals surface area contributed by atoms with E-state index in [9.17, 15) is 17.6 Å². The largest absolute Gasteiger partial charge is 0.573 e. The number of rotatable bonds is 5. The minimum Gasteiger partial charge on any atom is -0.406 e. The highest BCUT2D eigenvalue weighted by molar-refractivity contribution is 5.27. The number of hydrogen-bond acceptors (Lipinski definition) is 2. The Morgan fingerprint density at radius 2 is 1.57 bits per heavy atom. The van der Waals surface area contributed by atoms with Crippen LogP contribution in [0.25, 0.3) is 0 Å². The Morgan fingerprint density at radius 1 is 0.905 bits per heavy atom. The van der Waals surface area contributed by atoms with Gasteiger partial charge in [0.2, 0.25) is 0 Å². The topological polar surface area (TPSA) is 21.3 Å². The Bertz CT molecular complexity index is 581. The van der Waals surface area contributed by atoms with E-state index in [1.807, 2.05) is 0 Å². The van der Waals surface area contributed by atoms with E-state index in [2.05, 4.69) is 10.1 Å². The molecule has 2 nitrogen and oxygen atoms in total. The second-order valence-electron chi connectivity index (χ2n) is 4.43. The molecule has 6 heteroatoms. The van der Waals surface area contributed by atoms with Crippen LogP contribution in [0.1, 0.15) is 11.1 Å². The summed E-state index contributed by atoms with van der Waals surface area (Å²) in [4.78, 5) is 0. The fourth-order valence-corrected chi connectivity index (χ4v) is 1.81. The molecule has 112 valence electrons. The van der Waals surface area contributed by atoms with E-state index in [0.717, 1.165) is 11.1 Å². The highest BCUT2D eigenvalue weighted by Gasteiger charge is 2.30. The molecule has 0 aromatic heterocycles. The predicted octanol–water partition coefficient (Wildman–Crippen LogP) is 4.01. The molecular formula is C15H13F4NO. The molecule has 0 saturated heterocycles. The number of hydrogen-bond donors (Lipinski definition) is 1. The van der Waals surface area contributed by atoms with Gasteiger partial charge in [-0.25, -0.2) is 4.39 Å². The minimum atomic E-state index is -4.68. The van der Waals surface area contributed by atoms with Gasteiger partial charge in [0.1, 0.15) is 11.6 Å². The highest BCUT2D eigenvalue weighted by Crippen LogP contribution is 2.22. The van der Waals surface area contributed by atoms with Crippen LogP contribution in [0.5, 0.6) is 5.75 Å². The Hall–Kier alpha value is -2.08. The van der Waals surface area contributed by atoms with Gasteiger partial charge in [-0.2, -0.15) is 0 Å². The van der Waals surface area contributed by atoms with E-state index < -0.39 is 6.36 Å². The van der Waals surface area contributed by atoms with Crippen molar-refractivity contribution in [3.63, 3.8) is 0 Å². The summed E-state index contributed by atoms with van der Waals surface area (Å²) in [6.45, 7) is 0.932. The van der Waals surface area contributed by atoms with Crippen molar-refractivity contribution in [2.45, 2.75) is 19.5 Å². The van der Waals surface area contributed by atoms with E-state index >= 15 is 0 Å². The fourth-order valence-electron chi connectivity index (χ4n) is 1.81. The van der Waals surface area contributed by atoms with Gasteiger partial charge >= 0.3 is 6.36 Å². The van der Waals surface area contributed by atoms with Gasteiger partial charge in [0.25, 0.3) is 0 Å². The summed E-state index contributed by atoms with van der Waals surface area (Å²) in [5.74, 6) is -0.556. The molecule has 0 unspecified atom stereocenters. The van der Waals surface area contributed by atoms with Gasteiger partial charge in [-0.1, -0.05) is 24.3 Å². The molecule has 2 aromatic carbocycles. The molecule has 0 fully saturated rings. The highest BCUT2D eigenvalue weighted by atomic mass is 19.4. The third-order valence-corrected chi connectivity index (χ3v) is 2.70. The lowest BCUT2D eigenvalue weighted by atomic mass is 10.2. The standard InChI is InChI=1S/C15H13F4NO/c16-13-3-1-2-12(8-13)10-20-9-11-4-6-14(7-5-11)21-15(17,18)19/h1-8,20H,9-10H2. The van der Waals surface area contributed by atoms with E-state index in [1.165, 1.54) is 24.3 Å². The van der Waals surface area contributed by atoms with Crippen molar-refractivity contribution in [3.8, 4) is 5.75 Å². The molecule has 0 aliphatic carbocycles. The maximum absolute atomic E-state index is 13.0. The number of nitrogens with one attached hydrogen (secondary N) is 1. The molecule has 0 heterocycles. The Labute approximate surface area is 119 Å². The monoisotopic (exact) mass is 299 g/mol. The Morgan fingerprint density at radius 3 is 2.19 bits per heavy atom. The summed E-state index contributed by atoms with van der Waals surface area (Å²) in [5, 5.41) is 3.08. The van der Waals surface area contributed by atoms with Crippen LogP contribution >= 0.6 is 0 Å². The zero-order valence-corrected chi connectivity index (χ0v) is 11.0. The van der Waals surface area contributed by atoms with Gasteiger partial charge < -0.3 is 10.1 Å². The minimum absolute atomic E-state index is 0.253. The molecule has 2 aromatic rings. The zero-order chi connectivity index (χ0) is 15.3. The van der Waals surface area contributed by atoms with Crippen LogP contribution in [0.2, 0.25) is 0 Å². The van der Waals surface area contributed by atoms with E-state index in [0.29, 0.717) is 13.1 Å². The van der Waals surface area contributed by atoms with Crippen molar-refractivity contribution in [1.29, 1.82) is 0 Å². The zero-order valence-electron chi connectivity index (χ0n) is 11.0. The molecule has 0 amide bonds. The first-order chi connectivity index (χ1) is 9.92. The molecule has 0 radical (unpaired) electrons. The van der Waals surface area contributed by atoms with Crippen LogP contribution in [-0.2, 0) is 13.1 Å². The summed E-state index contributed by atoms with van der Waals surface area (Å²) < 4.78 is 52.7. The van der Waals surface area contributed by atoms with Gasteiger partial charge in [0.05, 0.1) is 0 Å². The van der Waals surface area contributed by atoms with Crippen molar-refractivity contribution < 1.29 is 22.3 Å². The summed E-state index contributed by atoms with van der Waals surface area (Å²) in [6.07, 6.45) is -4.68. The molecule has 0 aliphatic heterocycles. The summed E-state index contributed by atoms with van der Waals surface area (Å²) >= 11 is 0. The van der Waals surface area contributed by atoms with Crippen molar-refractivity contribution >= 4 is 0 Å². The van der Waals surface area contributed by atoms with Crippen molar-refractivity contribution in [3.05, 3.63) is 65.5 Å². The van der Waals surface area contributed by atoms with Crippen molar-refractivity contribution in [2.24, 2.45) is 0 Å². The van der Waals surface area contributed by atoms with Crippen LogP contribution in [0.15, 0.2) is 48.5 Å². The number of ether oxygens (including phenoxy) is 1. The third kappa shape index (κ3) is 5.43. The van der Waals surface area contributed by atoms with Gasteiger partial charge in [-0.3, -0.25) is 0 Å².